The highest BCUT2D eigenvalue weighted by Gasteiger charge is 2.27. The number of carbonyl (C=O) groups excluding carboxylic acids is 1. The zero-order chi connectivity index (χ0) is 13.0. The molecule has 1 amide bonds. The van der Waals surface area contributed by atoms with Gasteiger partial charge in [0.05, 0.1) is 6.04 Å². The number of hydrogen-bond donors (Lipinski definition) is 1. The minimum absolute atomic E-state index is 0.0445. The van der Waals surface area contributed by atoms with Crippen LogP contribution in [0.1, 0.15) is 24.8 Å². The van der Waals surface area contributed by atoms with Crippen molar-refractivity contribution in [3.8, 4) is 0 Å². The number of nitrogens with zero attached hydrogens (tertiary/aromatic N) is 1. The van der Waals surface area contributed by atoms with E-state index in [1.54, 1.807) is 7.05 Å². The first-order valence-corrected chi connectivity index (χ1v) is 7.48. The fraction of sp³-hybridized carbons (Fsp3) is 0.500. The molecule has 2 rings (SSSR count). The first kappa shape index (κ1) is 13.8. The van der Waals surface area contributed by atoms with Crippen molar-refractivity contribution in [1.29, 1.82) is 0 Å². The molecule has 1 atom stereocenters. The molecule has 0 aliphatic carbocycles. The Balaban J connectivity index is 2.05. The molecule has 1 unspecified atom stereocenters. The Hall–Kier alpha value is -0.620. The molecule has 1 saturated heterocycles. The fourth-order valence-corrected chi connectivity index (χ4v) is 2.83. The number of likely N-dealkylation sites (N-methyl/N-ethyl adjacent to an activating group) is 1. The Labute approximate surface area is 122 Å². The average molecular weight is 358 g/mol. The SMILES string of the molecule is CNC(=O)C1CCCCN1Cc1ccc(I)cc1. The van der Waals surface area contributed by atoms with Crippen LogP contribution in [0.3, 0.4) is 0 Å². The Bertz CT molecular complexity index is 405. The smallest absolute Gasteiger partial charge is 0.237 e. The number of carbonyl (C=O) groups is 1. The summed E-state index contributed by atoms with van der Waals surface area (Å²) in [7, 11) is 1.72. The average Bonchev–Trinajstić information content (AvgIpc) is 2.41. The third-order valence-corrected chi connectivity index (χ3v) is 4.18. The van der Waals surface area contributed by atoms with E-state index in [4.69, 9.17) is 0 Å². The number of nitrogens with one attached hydrogen (secondary N) is 1. The molecule has 0 aromatic heterocycles. The van der Waals surface area contributed by atoms with E-state index in [1.807, 2.05) is 0 Å². The summed E-state index contributed by atoms with van der Waals surface area (Å²) in [5, 5.41) is 2.78. The van der Waals surface area contributed by atoms with Crippen LogP contribution >= 0.6 is 22.6 Å². The zero-order valence-corrected chi connectivity index (χ0v) is 12.8. The molecule has 1 fully saturated rings. The zero-order valence-electron chi connectivity index (χ0n) is 10.7. The molecule has 1 aromatic rings. The summed E-state index contributed by atoms with van der Waals surface area (Å²) in [5.74, 6) is 0.153. The lowest BCUT2D eigenvalue weighted by atomic mass is 10.0. The third kappa shape index (κ3) is 3.45. The molecule has 0 spiro atoms. The van der Waals surface area contributed by atoms with E-state index in [0.717, 1.165) is 25.9 Å². The predicted molar refractivity (Wildman–Crippen MR) is 81.3 cm³/mol. The van der Waals surface area contributed by atoms with Crippen molar-refractivity contribution in [2.24, 2.45) is 0 Å². The standard InChI is InChI=1S/C14H19IN2O/c1-16-14(18)13-4-2-3-9-17(13)10-11-5-7-12(15)8-6-11/h5-8,13H,2-4,9-10H2,1H3,(H,16,18). The molecule has 1 N–H and O–H groups in total. The maximum Gasteiger partial charge on any atom is 0.237 e. The van der Waals surface area contributed by atoms with Gasteiger partial charge >= 0.3 is 0 Å². The molecular formula is C14H19IN2O. The van der Waals surface area contributed by atoms with Crippen molar-refractivity contribution in [3.63, 3.8) is 0 Å². The van der Waals surface area contributed by atoms with Gasteiger partial charge in [0.1, 0.15) is 0 Å². The summed E-state index contributed by atoms with van der Waals surface area (Å²) in [5.41, 5.74) is 1.28. The highest BCUT2D eigenvalue weighted by atomic mass is 127. The molecule has 98 valence electrons. The van der Waals surface area contributed by atoms with E-state index in [-0.39, 0.29) is 11.9 Å². The highest BCUT2D eigenvalue weighted by molar-refractivity contribution is 14.1. The lowest BCUT2D eigenvalue weighted by Gasteiger charge is -2.34. The largest absolute Gasteiger partial charge is 0.358 e. The molecule has 1 heterocycles. The van der Waals surface area contributed by atoms with Crippen molar-refractivity contribution in [3.05, 3.63) is 33.4 Å². The van der Waals surface area contributed by atoms with Gasteiger partial charge in [-0.25, -0.2) is 0 Å². The quantitative estimate of drug-likeness (QED) is 0.842. The molecule has 0 radical (unpaired) electrons. The Morgan fingerprint density at radius 3 is 2.78 bits per heavy atom. The van der Waals surface area contributed by atoms with Crippen LogP contribution in [0.2, 0.25) is 0 Å². The van der Waals surface area contributed by atoms with E-state index >= 15 is 0 Å². The Morgan fingerprint density at radius 1 is 1.39 bits per heavy atom. The molecule has 1 aromatic carbocycles. The van der Waals surface area contributed by atoms with Gasteiger partial charge in [-0.05, 0) is 59.7 Å². The van der Waals surface area contributed by atoms with Crippen molar-refractivity contribution in [2.45, 2.75) is 31.8 Å². The molecule has 18 heavy (non-hydrogen) atoms. The lowest BCUT2D eigenvalue weighted by molar-refractivity contribution is -0.127. The summed E-state index contributed by atoms with van der Waals surface area (Å²) in [6.45, 7) is 1.89. The number of likely N-dealkylation sites (tertiary alicyclic amines) is 1. The van der Waals surface area contributed by atoms with Gasteiger partial charge in [0.25, 0.3) is 0 Å². The van der Waals surface area contributed by atoms with Crippen molar-refractivity contribution in [1.82, 2.24) is 10.2 Å². The number of rotatable bonds is 3. The van der Waals surface area contributed by atoms with E-state index in [2.05, 4.69) is 57.1 Å². The molecule has 0 bridgehead atoms. The molecule has 4 heteroatoms. The molecule has 0 saturated carbocycles. The van der Waals surface area contributed by atoms with Gasteiger partial charge in [-0.1, -0.05) is 18.6 Å². The second kappa shape index (κ2) is 6.52. The Morgan fingerprint density at radius 2 is 2.11 bits per heavy atom. The summed E-state index contributed by atoms with van der Waals surface area (Å²) in [6, 6.07) is 8.58. The second-order valence-corrected chi connectivity index (χ2v) is 5.97. The van der Waals surface area contributed by atoms with Gasteiger partial charge in [-0.2, -0.15) is 0 Å². The third-order valence-electron chi connectivity index (χ3n) is 3.46. The maximum absolute atomic E-state index is 11.9. The number of halogens is 1. The van der Waals surface area contributed by atoms with Crippen LogP contribution in [0, 0.1) is 3.57 Å². The highest BCUT2D eigenvalue weighted by Crippen LogP contribution is 2.20. The number of benzene rings is 1. The maximum atomic E-state index is 11.9. The molecule has 1 aliphatic heterocycles. The Kier molecular flexibility index (Phi) is 5.00. The predicted octanol–water partition coefficient (Wildman–Crippen LogP) is 2.39. The van der Waals surface area contributed by atoms with Crippen LogP contribution in [0.25, 0.3) is 0 Å². The minimum atomic E-state index is 0.0445. The van der Waals surface area contributed by atoms with E-state index in [0.29, 0.717) is 0 Å². The van der Waals surface area contributed by atoms with Gasteiger partial charge in [-0.15, -0.1) is 0 Å². The van der Waals surface area contributed by atoms with Crippen molar-refractivity contribution < 1.29 is 4.79 Å². The lowest BCUT2D eigenvalue weighted by Crippen LogP contribution is -2.48. The van der Waals surface area contributed by atoms with Crippen LogP contribution < -0.4 is 5.32 Å². The van der Waals surface area contributed by atoms with Crippen LogP contribution in [-0.2, 0) is 11.3 Å². The topological polar surface area (TPSA) is 32.3 Å². The molecule has 3 nitrogen and oxygen atoms in total. The van der Waals surface area contributed by atoms with E-state index in [9.17, 15) is 4.79 Å². The number of amides is 1. The first-order chi connectivity index (χ1) is 8.70. The summed E-state index contributed by atoms with van der Waals surface area (Å²) >= 11 is 2.31. The molecule has 1 aliphatic rings. The van der Waals surface area contributed by atoms with Gasteiger partial charge < -0.3 is 5.32 Å². The normalized spacial score (nSPS) is 20.7. The summed E-state index contributed by atoms with van der Waals surface area (Å²) in [4.78, 5) is 14.2. The van der Waals surface area contributed by atoms with Crippen molar-refractivity contribution in [2.75, 3.05) is 13.6 Å². The van der Waals surface area contributed by atoms with Crippen LogP contribution in [0.5, 0.6) is 0 Å². The van der Waals surface area contributed by atoms with Gasteiger partial charge in [0.15, 0.2) is 0 Å². The van der Waals surface area contributed by atoms with E-state index < -0.39 is 0 Å². The van der Waals surface area contributed by atoms with Gasteiger partial charge in [-0.3, -0.25) is 9.69 Å². The van der Waals surface area contributed by atoms with Gasteiger partial charge in [0.2, 0.25) is 5.91 Å². The number of piperidine rings is 1. The van der Waals surface area contributed by atoms with E-state index in [1.165, 1.54) is 15.6 Å². The second-order valence-electron chi connectivity index (χ2n) is 4.72. The minimum Gasteiger partial charge on any atom is -0.358 e. The van der Waals surface area contributed by atoms with Crippen molar-refractivity contribution >= 4 is 28.5 Å². The summed E-state index contributed by atoms with van der Waals surface area (Å²) in [6.07, 6.45) is 3.32. The van der Waals surface area contributed by atoms with Crippen LogP contribution in [0.15, 0.2) is 24.3 Å². The van der Waals surface area contributed by atoms with Crippen LogP contribution in [-0.4, -0.2) is 30.4 Å². The summed E-state index contributed by atoms with van der Waals surface area (Å²) < 4.78 is 1.25. The fourth-order valence-electron chi connectivity index (χ4n) is 2.47. The first-order valence-electron chi connectivity index (χ1n) is 6.41. The monoisotopic (exact) mass is 358 g/mol. The van der Waals surface area contributed by atoms with Crippen LogP contribution in [0.4, 0.5) is 0 Å². The number of hydrogen-bond acceptors (Lipinski definition) is 2. The van der Waals surface area contributed by atoms with Gasteiger partial charge in [0, 0.05) is 17.2 Å². The molecular weight excluding hydrogens is 339 g/mol.